The van der Waals surface area contributed by atoms with E-state index in [1.54, 1.807) is 18.2 Å². The lowest BCUT2D eigenvalue weighted by atomic mass is 9.95. The fourth-order valence-electron chi connectivity index (χ4n) is 3.52. The van der Waals surface area contributed by atoms with Crippen LogP contribution in [0.3, 0.4) is 0 Å². The first-order chi connectivity index (χ1) is 10.5. The Morgan fingerprint density at radius 3 is 2.45 bits per heavy atom. The molecular weight excluding hydrogens is 300 g/mol. The molecule has 22 heavy (non-hydrogen) atoms. The predicted molar refractivity (Wildman–Crippen MR) is 87.1 cm³/mol. The number of anilines is 1. The normalized spacial score (nSPS) is 19.7. The second-order valence-corrected chi connectivity index (χ2v) is 6.87. The predicted octanol–water partition coefficient (Wildman–Crippen LogP) is 3.75. The molecule has 0 spiro atoms. The molecule has 0 radical (unpaired) electrons. The summed E-state index contributed by atoms with van der Waals surface area (Å²) in [6, 6.07) is 5.00. The Morgan fingerprint density at radius 2 is 1.91 bits per heavy atom. The fraction of sp³-hybridized carbons (Fsp3) is 0.529. The van der Waals surface area contributed by atoms with Crippen molar-refractivity contribution < 1.29 is 9.59 Å². The Labute approximate surface area is 135 Å². The molecule has 5 heteroatoms. The molecule has 0 bridgehead atoms. The summed E-state index contributed by atoms with van der Waals surface area (Å²) in [6.45, 7) is 1.44. The van der Waals surface area contributed by atoms with Gasteiger partial charge in [-0.3, -0.25) is 9.59 Å². The highest BCUT2D eigenvalue weighted by Crippen LogP contribution is 2.49. The van der Waals surface area contributed by atoms with Gasteiger partial charge in [0.1, 0.15) is 0 Å². The molecule has 2 amide bonds. The number of rotatable bonds is 4. The van der Waals surface area contributed by atoms with Crippen molar-refractivity contribution in [2.45, 2.75) is 51.0 Å². The molecule has 0 heterocycles. The zero-order chi connectivity index (χ0) is 15.7. The van der Waals surface area contributed by atoms with Gasteiger partial charge < -0.3 is 10.6 Å². The summed E-state index contributed by atoms with van der Waals surface area (Å²) in [5, 5.41) is 6.24. The molecule has 0 unspecified atom stereocenters. The van der Waals surface area contributed by atoms with Crippen LogP contribution >= 0.6 is 11.6 Å². The molecular formula is C17H21ClN2O2. The summed E-state index contributed by atoms with van der Waals surface area (Å²) >= 11 is 6.20. The van der Waals surface area contributed by atoms with Gasteiger partial charge in [-0.05, 0) is 49.8 Å². The largest absolute Gasteiger partial charge is 0.346 e. The van der Waals surface area contributed by atoms with E-state index in [1.807, 2.05) is 0 Å². The summed E-state index contributed by atoms with van der Waals surface area (Å²) in [6.07, 6.45) is 7.13. The van der Waals surface area contributed by atoms with E-state index in [2.05, 4.69) is 10.6 Å². The van der Waals surface area contributed by atoms with E-state index in [0.29, 0.717) is 22.2 Å². The van der Waals surface area contributed by atoms with Gasteiger partial charge in [0.2, 0.25) is 5.91 Å². The zero-order valence-electron chi connectivity index (χ0n) is 12.7. The van der Waals surface area contributed by atoms with Crippen molar-refractivity contribution >= 4 is 29.1 Å². The standard InChI is InChI=1S/C17H21ClN2O2/c1-11(21)19-13-6-7-14(15(18)10-13)16(22)20-17(8-9-17)12-4-2-3-5-12/h6-7,10,12H,2-5,8-9H2,1H3,(H,19,21)(H,20,22). The Balaban J connectivity index is 1.71. The van der Waals surface area contributed by atoms with Crippen LogP contribution in [0.1, 0.15) is 55.8 Å². The lowest BCUT2D eigenvalue weighted by molar-refractivity contribution is -0.114. The summed E-state index contributed by atoms with van der Waals surface area (Å²) in [7, 11) is 0. The van der Waals surface area contributed by atoms with E-state index in [-0.39, 0.29) is 17.4 Å². The van der Waals surface area contributed by atoms with Gasteiger partial charge in [-0.1, -0.05) is 24.4 Å². The SMILES string of the molecule is CC(=O)Nc1ccc(C(=O)NC2(C3CCCC3)CC2)c(Cl)c1. The van der Waals surface area contributed by atoms with Crippen LogP contribution in [0.4, 0.5) is 5.69 Å². The van der Waals surface area contributed by atoms with Crippen LogP contribution in [0.15, 0.2) is 18.2 Å². The molecule has 0 aliphatic heterocycles. The molecule has 2 aliphatic rings. The Bertz CT molecular complexity index is 605. The first-order valence-corrected chi connectivity index (χ1v) is 8.28. The van der Waals surface area contributed by atoms with Crippen LogP contribution < -0.4 is 10.6 Å². The summed E-state index contributed by atoms with van der Waals surface area (Å²) in [5.41, 5.74) is 1.08. The number of hydrogen-bond donors (Lipinski definition) is 2. The lowest BCUT2D eigenvalue weighted by Crippen LogP contribution is -2.41. The highest BCUT2D eigenvalue weighted by atomic mass is 35.5. The summed E-state index contributed by atoms with van der Waals surface area (Å²) < 4.78 is 0. The maximum atomic E-state index is 12.5. The van der Waals surface area contributed by atoms with Gasteiger partial charge in [0.05, 0.1) is 10.6 Å². The molecule has 2 fully saturated rings. The average Bonchev–Trinajstić information content (AvgIpc) is 3.01. The van der Waals surface area contributed by atoms with Crippen LogP contribution in [-0.2, 0) is 4.79 Å². The van der Waals surface area contributed by atoms with Crippen LogP contribution in [0.5, 0.6) is 0 Å². The Hall–Kier alpha value is -1.55. The third-order valence-corrected chi connectivity index (χ3v) is 5.13. The summed E-state index contributed by atoms with van der Waals surface area (Å²) in [5.74, 6) is 0.351. The van der Waals surface area contributed by atoms with Crippen LogP contribution in [0.25, 0.3) is 0 Å². The van der Waals surface area contributed by atoms with E-state index in [4.69, 9.17) is 11.6 Å². The van der Waals surface area contributed by atoms with Crippen molar-refractivity contribution in [3.63, 3.8) is 0 Å². The number of amides is 2. The van der Waals surface area contributed by atoms with Crippen LogP contribution in [-0.4, -0.2) is 17.4 Å². The first-order valence-electron chi connectivity index (χ1n) is 7.90. The van der Waals surface area contributed by atoms with Crippen molar-refractivity contribution in [3.05, 3.63) is 28.8 Å². The van der Waals surface area contributed by atoms with Crippen molar-refractivity contribution in [1.82, 2.24) is 5.32 Å². The summed E-state index contributed by atoms with van der Waals surface area (Å²) in [4.78, 5) is 23.6. The zero-order valence-corrected chi connectivity index (χ0v) is 13.5. The molecule has 4 nitrogen and oxygen atoms in total. The number of hydrogen-bond acceptors (Lipinski definition) is 2. The monoisotopic (exact) mass is 320 g/mol. The van der Waals surface area contributed by atoms with Gasteiger partial charge in [0.15, 0.2) is 0 Å². The number of benzene rings is 1. The lowest BCUT2D eigenvalue weighted by Gasteiger charge is -2.24. The smallest absolute Gasteiger partial charge is 0.253 e. The molecule has 2 N–H and O–H groups in total. The van der Waals surface area contributed by atoms with Crippen LogP contribution in [0.2, 0.25) is 5.02 Å². The Morgan fingerprint density at radius 1 is 1.23 bits per heavy atom. The quantitative estimate of drug-likeness (QED) is 0.887. The third-order valence-electron chi connectivity index (χ3n) is 4.82. The van der Waals surface area contributed by atoms with E-state index in [0.717, 1.165) is 12.8 Å². The number of carbonyl (C=O) groups is 2. The van der Waals surface area contributed by atoms with E-state index >= 15 is 0 Å². The topological polar surface area (TPSA) is 58.2 Å². The second kappa shape index (κ2) is 5.92. The van der Waals surface area contributed by atoms with E-state index < -0.39 is 0 Å². The van der Waals surface area contributed by atoms with Gasteiger partial charge in [-0.25, -0.2) is 0 Å². The van der Waals surface area contributed by atoms with Gasteiger partial charge in [0.25, 0.3) is 5.91 Å². The van der Waals surface area contributed by atoms with Crippen molar-refractivity contribution in [2.75, 3.05) is 5.32 Å². The molecule has 0 aromatic heterocycles. The van der Waals surface area contributed by atoms with Gasteiger partial charge in [-0.15, -0.1) is 0 Å². The van der Waals surface area contributed by atoms with Gasteiger partial charge >= 0.3 is 0 Å². The molecule has 1 aromatic carbocycles. The molecule has 2 aliphatic carbocycles. The minimum absolute atomic E-state index is 0.00716. The average molecular weight is 321 g/mol. The highest BCUT2D eigenvalue weighted by molar-refractivity contribution is 6.34. The molecule has 1 aromatic rings. The first kappa shape index (κ1) is 15.3. The van der Waals surface area contributed by atoms with Gasteiger partial charge in [0, 0.05) is 18.2 Å². The maximum Gasteiger partial charge on any atom is 0.253 e. The van der Waals surface area contributed by atoms with E-state index in [1.165, 1.54) is 32.6 Å². The second-order valence-electron chi connectivity index (χ2n) is 6.47. The molecule has 3 rings (SSSR count). The fourth-order valence-corrected chi connectivity index (χ4v) is 3.79. The number of halogens is 1. The molecule has 2 saturated carbocycles. The third kappa shape index (κ3) is 3.12. The van der Waals surface area contributed by atoms with Gasteiger partial charge in [-0.2, -0.15) is 0 Å². The van der Waals surface area contributed by atoms with E-state index in [9.17, 15) is 9.59 Å². The number of nitrogens with one attached hydrogen (secondary N) is 2. The molecule has 0 saturated heterocycles. The van der Waals surface area contributed by atoms with Crippen molar-refractivity contribution in [2.24, 2.45) is 5.92 Å². The van der Waals surface area contributed by atoms with Crippen molar-refractivity contribution in [1.29, 1.82) is 0 Å². The molecule has 118 valence electrons. The maximum absolute atomic E-state index is 12.5. The minimum Gasteiger partial charge on any atom is -0.346 e. The Kier molecular flexibility index (Phi) is 4.13. The highest BCUT2D eigenvalue weighted by Gasteiger charge is 2.50. The number of carbonyl (C=O) groups excluding carboxylic acids is 2. The van der Waals surface area contributed by atoms with Crippen molar-refractivity contribution in [3.8, 4) is 0 Å². The molecule has 0 atom stereocenters. The van der Waals surface area contributed by atoms with Crippen LogP contribution in [0, 0.1) is 5.92 Å². The minimum atomic E-state index is -0.161.